The van der Waals surface area contributed by atoms with Crippen molar-refractivity contribution in [2.75, 3.05) is 0 Å². The predicted molar refractivity (Wildman–Crippen MR) is 242 cm³/mol. The Hall–Kier alpha value is -2.48. The summed E-state index contributed by atoms with van der Waals surface area (Å²) in [5.41, 5.74) is 11.4. The lowest BCUT2D eigenvalue weighted by Crippen LogP contribution is -2.51. The maximum atomic E-state index is 4.61. The van der Waals surface area contributed by atoms with Crippen molar-refractivity contribution in [1.82, 2.24) is 5.32 Å². The fourth-order valence-corrected chi connectivity index (χ4v) is 6.82. The van der Waals surface area contributed by atoms with Gasteiger partial charge in [-0.1, -0.05) is 196 Å². The van der Waals surface area contributed by atoms with E-state index in [-0.39, 0.29) is 5.54 Å². The second-order valence-electron chi connectivity index (χ2n) is 17.9. The first-order valence-electron chi connectivity index (χ1n) is 20.7. The van der Waals surface area contributed by atoms with Crippen LogP contribution < -0.4 is 11.1 Å². The zero-order chi connectivity index (χ0) is 41.2. The standard InChI is InChI=1S/C18H29N.C17H30.C9H18.C4H10.C2H5N/c1-6-11-17(12-7-2)16(5)18(19-15(3)4)13-9-8-10-14-18;1-7-8-13(4)15(6)17(11-16-9-10-16)14(5)12(2)3;1-7(2)8(3)9(4,5)6;1-4(2)3;1-2-3/h6-7,11-12,16,19H,1,3,8-10,13-14H2,2,4-5H3;13,15-17H,2,5,7-11H2,1,3-4,6H3;8H,1H2,2-6H3;4H,1-3H3;2H,1,3H2/b12-7-,17-11+;;;;. The van der Waals surface area contributed by atoms with Gasteiger partial charge in [0.15, 0.2) is 0 Å². The van der Waals surface area contributed by atoms with Crippen LogP contribution in [0.3, 0.4) is 0 Å². The summed E-state index contributed by atoms with van der Waals surface area (Å²) in [6.45, 7) is 56.6. The number of nitrogens with one attached hydrogen (secondary N) is 1. The van der Waals surface area contributed by atoms with E-state index in [2.05, 4.69) is 173 Å². The summed E-state index contributed by atoms with van der Waals surface area (Å²) >= 11 is 0. The van der Waals surface area contributed by atoms with E-state index in [1.54, 1.807) is 0 Å². The maximum absolute atomic E-state index is 4.61. The maximum Gasteiger partial charge on any atom is 0.0436 e. The van der Waals surface area contributed by atoms with Gasteiger partial charge in [0, 0.05) is 17.2 Å². The lowest BCUT2D eigenvalue weighted by atomic mass is 9.70. The monoisotopic (exact) mass is 721 g/mol. The molecular weight excluding hydrogens is 629 g/mol. The molecular formula is C50H92N2. The normalized spacial score (nSPS) is 18.0. The van der Waals surface area contributed by atoms with Crippen LogP contribution in [-0.2, 0) is 0 Å². The Labute approximate surface area is 328 Å². The molecule has 0 saturated heterocycles. The highest BCUT2D eigenvalue weighted by Gasteiger charge is 2.38. The zero-order valence-corrected chi connectivity index (χ0v) is 37.8. The third-order valence-corrected chi connectivity index (χ3v) is 10.8. The first-order valence-corrected chi connectivity index (χ1v) is 20.7. The van der Waals surface area contributed by atoms with E-state index in [4.69, 9.17) is 0 Å². The molecule has 302 valence electrons. The number of hydrogen-bond donors (Lipinski definition) is 2. The van der Waals surface area contributed by atoms with Gasteiger partial charge >= 0.3 is 0 Å². The summed E-state index contributed by atoms with van der Waals surface area (Å²) in [6.07, 6.45) is 22.9. The Morgan fingerprint density at radius 3 is 1.67 bits per heavy atom. The topological polar surface area (TPSA) is 38.0 Å². The van der Waals surface area contributed by atoms with Gasteiger partial charge in [-0.2, -0.15) is 0 Å². The molecule has 5 atom stereocenters. The highest BCUT2D eigenvalue weighted by Crippen LogP contribution is 2.43. The van der Waals surface area contributed by atoms with Gasteiger partial charge in [-0.25, -0.2) is 0 Å². The molecule has 3 N–H and O–H groups in total. The molecule has 0 aromatic heterocycles. The van der Waals surface area contributed by atoms with E-state index in [0.29, 0.717) is 23.2 Å². The molecule has 0 heterocycles. The van der Waals surface area contributed by atoms with Gasteiger partial charge < -0.3 is 11.1 Å². The molecule has 5 unspecified atom stereocenters. The van der Waals surface area contributed by atoms with E-state index in [0.717, 1.165) is 29.4 Å². The van der Waals surface area contributed by atoms with Crippen LogP contribution in [0.15, 0.2) is 98.0 Å². The third kappa shape index (κ3) is 24.7. The second kappa shape index (κ2) is 28.9. The molecule has 52 heavy (non-hydrogen) atoms. The molecule has 0 aliphatic heterocycles. The zero-order valence-electron chi connectivity index (χ0n) is 37.8. The Bertz CT molecular complexity index is 1080. The SMILES string of the molecule is C=C(C)C(=C)C(CC1CC1)C(C)C(C)CCC.C=C(C)C(C)C(C)(C)C.C=C/C=C(\C=C/C)C(C)C1(NC(=C)C)CCCCC1.C=CN.CC(C)C. The van der Waals surface area contributed by atoms with Crippen molar-refractivity contribution >= 4 is 0 Å². The molecule has 0 aromatic rings. The third-order valence-electron chi connectivity index (χ3n) is 10.8. The van der Waals surface area contributed by atoms with E-state index < -0.39 is 0 Å². The van der Waals surface area contributed by atoms with Crippen LogP contribution in [0.2, 0.25) is 0 Å². The summed E-state index contributed by atoms with van der Waals surface area (Å²) in [7, 11) is 0. The summed E-state index contributed by atoms with van der Waals surface area (Å²) in [5, 5.41) is 3.69. The van der Waals surface area contributed by atoms with Gasteiger partial charge in [-0.15, -0.1) is 0 Å². The highest BCUT2D eigenvalue weighted by atomic mass is 15.0. The molecule has 0 bridgehead atoms. The van der Waals surface area contributed by atoms with Crippen molar-refractivity contribution < 1.29 is 0 Å². The van der Waals surface area contributed by atoms with Crippen molar-refractivity contribution in [1.29, 1.82) is 0 Å². The number of allylic oxidation sites excluding steroid dienone is 8. The van der Waals surface area contributed by atoms with Gasteiger partial charge in [0.2, 0.25) is 0 Å². The molecule has 0 aromatic carbocycles. The van der Waals surface area contributed by atoms with E-state index in [1.807, 2.05) is 6.08 Å². The Balaban J connectivity index is -0.000000662. The number of hydrogen-bond acceptors (Lipinski definition) is 2. The van der Waals surface area contributed by atoms with E-state index >= 15 is 0 Å². The van der Waals surface area contributed by atoms with Crippen LogP contribution >= 0.6 is 0 Å². The average Bonchev–Trinajstić information content (AvgIpc) is 3.87. The molecule has 0 amide bonds. The van der Waals surface area contributed by atoms with Gasteiger partial charge in [0.25, 0.3) is 0 Å². The Morgan fingerprint density at radius 2 is 1.37 bits per heavy atom. The first-order chi connectivity index (χ1) is 24.0. The summed E-state index contributed by atoms with van der Waals surface area (Å²) < 4.78 is 0. The first kappa shape index (κ1) is 53.9. The highest BCUT2D eigenvalue weighted by molar-refractivity contribution is 5.29. The molecule has 2 saturated carbocycles. The van der Waals surface area contributed by atoms with Crippen LogP contribution in [0.5, 0.6) is 0 Å². The molecule has 0 radical (unpaired) electrons. The van der Waals surface area contributed by atoms with Gasteiger partial charge in [0.1, 0.15) is 0 Å². The Morgan fingerprint density at radius 1 is 0.885 bits per heavy atom. The van der Waals surface area contributed by atoms with Crippen molar-refractivity contribution in [3.05, 3.63) is 98.0 Å². The largest absolute Gasteiger partial charge is 0.405 e. The van der Waals surface area contributed by atoms with Gasteiger partial charge in [0.05, 0.1) is 0 Å². The fraction of sp³-hybridized carbons (Fsp3) is 0.680. The van der Waals surface area contributed by atoms with Crippen molar-refractivity contribution in [2.45, 2.75) is 174 Å². The minimum Gasteiger partial charge on any atom is -0.405 e. The quantitative estimate of drug-likeness (QED) is 0.131. The molecule has 2 nitrogen and oxygen atoms in total. The number of nitrogens with two attached hydrogens (primary N) is 1. The second-order valence-corrected chi connectivity index (χ2v) is 17.9. The van der Waals surface area contributed by atoms with Gasteiger partial charge in [-0.3, -0.25) is 0 Å². The minimum absolute atomic E-state index is 0.165. The van der Waals surface area contributed by atoms with Crippen LogP contribution in [-0.4, -0.2) is 5.54 Å². The molecule has 0 spiro atoms. The van der Waals surface area contributed by atoms with Crippen LogP contribution in [0, 0.1) is 46.8 Å². The minimum atomic E-state index is 0.165. The lowest BCUT2D eigenvalue weighted by molar-refractivity contribution is 0.193. The van der Waals surface area contributed by atoms with Crippen molar-refractivity contribution in [3.8, 4) is 0 Å². The molecule has 2 aliphatic rings. The summed E-state index contributed by atoms with van der Waals surface area (Å²) in [4.78, 5) is 0. The fourth-order valence-electron chi connectivity index (χ4n) is 6.82. The molecule has 2 heteroatoms. The average molecular weight is 721 g/mol. The van der Waals surface area contributed by atoms with E-state index in [9.17, 15) is 0 Å². The molecule has 2 fully saturated rings. The van der Waals surface area contributed by atoms with Crippen LogP contribution in [0.1, 0.15) is 168 Å². The lowest BCUT2D eigenvalue weighted by Gasteiger charge is -2.44. The molecule has 2 rings (SSSR count). The Kier molecular flexibility index (Phi) is 30.0. The number of rotatable bonds is 15. The molecule has 2 aliphatic carbocycles. The van der Waals surface area contributed by atoms with Crippen LogP contribution in [0.25, 0.3) is 0 Å². The van der Waals surface area contributed by atoms with E-state index in [1.165, 1.54) is 92.7 Å². The van der Waals surface area contributed by atoms with Crippen molar-refractivity contribution in [3.63, 3.8) is 0 Å². The van der Waals surface area contributed by atoms with Gasteiger partial charge in [-0.05, 0) is 105 Å². The smallest absolute Gasteiger partial charge is 0.0436 e. The van der Waals surface area contributed by atoms with Crippen LogP contribution in [0.4, 0.5) is 0 Å². The summed E-state index contributed by atoms with van der Waals surface area (Å²) in [5.74, 6) is 5.13. The summed E-state index contributed by atoms with van der Waals surface area (Å²) in [6, 6.07) is 0. The van der Waals surface area contributed by atoms with Crippen molar-refractivity contribution in [2.24, 2.45) is 52.6 Å². The predicted octanol–water partition coefficient (Wildman–Crippen LogP) is 15.7.